The fourth-order valence-electron chi connectivity index (χ4n) is 4.96. The maximum absolute atomic E-state index is 13.5. The van der Waals surface area contributed by atoms with E-state index in [2.05, 4.69) is 13.8 Å². The summed E-state index contributed by atoms with van der Waals surface area (Å²) in [5, 5.41) is 0. The lowest BCUT2D eigenvalue weighted by molar-refractivity contribution is -0.121. The Morgan fingerprint density at radius 3 is 2.19 bits per heavy atom. The van der Waals surface area contributed by atoms with Crippen LogP contribution in [0.1, 0.15) is 44.6 Å². The minimum absolute atomic E-state index is 0.0395. The van der Waals surface area contributed by atoms with Crippen molar-refractivity contribution < 1.29 is 23.8 Å². The van der Waals surface area contributed by atoms with Crippen molar-refractivity contribution in [2.45, 2.75) is 39.0 Å². The summed E-state index contributed by atoms with van der Waals surface area (Å²) in [4.78, 5) is 28.7. The number of para-hydroxylation sites is 1. The number of amides is 1. The monoisotopic (exact) mass is 435 g/mol. The predicted octanol–water partition coefficient (Wildman–Crippen LogP) is 4.88. The number of benzene rings is 2. The smallest absolute Gasteiger partial charge is 0.232 e. The van der Waals surface area contributed by atoms with Crippen LogP contribution in [0.2, 0.25) is 0 Å². The number of ether oxygens (including phenoxy) is 3. The Kier molecular flexibility index (Phi) is 5.71. The number of carbonyl (C=O) groups excluding carboxylic acids is 2. The van der Waals surface area contributed by atoms with Gasteiger partial charge in [-0.15, -0.1) is 0 Å². The van der Waals surface area contributed by atoms with Crippen LogP contribution >= 0.6 is 0 Å². The van der Waals surface area contributed by atoms with Crippen LogP contribution in [0.25, 0.3) is 0 Å². The van der Waals surface area contributed by atoms with Gasteiger partial charge in [-0.1, -0.05) is 38.1 Å². The first-order valence-electron chi connectivity index (χ1n) is 10.7. The average molecular weight is 436 g/mol. The fourth-order valence-corrected chi connectivity index (χ4v) is 4.96. The van der Waals surface area contributed by atoms with Crippen molar-refractivity contribution in [2.75, 3.05) is 26.2 Å². The van der Waals surface area contributed by atoms with E-state index < -0.39 is 5.92 Å². The lowest BCUT2D eigenvalue weighted by Gasteiger charge is -2.43. The average Bonchev–Trinajstić information content (AvgIpc) is 2.76. The van der Waals surface area contributed by atoms with Crippen LogP contribution in [-0.4, -0.2) is 33.0 Å². The van der Waals surface area contributed by atoms with Gasteiger partial charge in [-0.3, -0.25) is 14.5 Å². The van der Waals surface area contributed by atoms with Crippen molar-refractivity contribution in [2.24, 2.45) is 5.41 Å². The summed E-state index contributed by atoms with van der Waals surface area (Å²) in [6.07, 6.45) is 1.25. The molecule has 0 radical (unpaired) electrons. The van der Waals surface area contributed by atoms with Crippen molar-refractivity contribution in [3.8, 4) is 17.2 Å². The second-order valence-corrected chi connectivity index (χ2v) is 9.05. The molecule has 0 bridgehead atoms. The molecule has 0 saturated carbocycles. The third-order valence-electron chi connectivity index (χ3n) is 6.27. The maximum Gasteiger partial charge on any atom is 0.232 e. The Balaban J connectivity index is 1.94. The predicted molar refractivity (Wildman–Crippen MR) is 122 cm³/mol. The Morgan fingerprint density at radius 2 is 1.56 bits per heavy atom. The SMILES string of the molecule is COc1ccc([C@@H]2CC(=O)N(c3ccccc3)C3=C2C(=O)CC(C)(C)C3)c(OC)c1OC. The Hall–Kier alpha value is -3.28. The van der Waals surface area contributed by atoms with Crippen molar-refractivity contribution in [1.82, 2.24) is 0 Å². The molecular weight excluding hydrogens is 406 g/mol. The van der Waals surface area contributed by atoms with E-state index in [-0.39, 0.29) is 23.5 Å². The highest BCUT2D eigenvalue weighted by atomic mass is 16.5. The maximum atomic E-state index is 13.5. The van der Waals surface area contributed by atoms with E-state index in [9.17, 15) is 9.59 Å². The molecule has 0 fully saturated rings. The Morgan fingerprint density at radius 1 is 0.875 bits per heavy atom. The van der Waals surface area contributed by atoms with Gasteiger partial charge in [-0.25, -0.2) is 0 Å². The summed E-state index contributed by atoms with van der Waals surface area (Å²) in [6.45, 7) is 4.14. The van der Waals surface area contributed by atoms with Gasteiger partial charge in [0, 0.05) is 41.3 Å². The van der Waals surface area contributed by atoms with Crippen molar-refractivity contribution >= 4 is 17.4 Å². The molecular formula is C26H29NO5. The van der Waals surface area contributed by atoms with Crippen molar-refractivity contribution in [1.29, 1.82) is 0 Å². The first kappa shape index (κ1) is 21.9. The second kappa shape index (κ2) is 8.34. The third kappa shape index (κ3) is 3.64. The second-order valence-electron chi connectivity index (χ2n) is 9.05. The molecule has 2 aromatic carbocycles. The molecule has 4 rings (SSSR count). The Bertz CT molecular complexity index is 1090. The molecule has 0 saturated heterocycles. The highest BCUT2D eigenvalue weighted by Gasteiger charge is 2.45. The van der Waals surface area contributed by atoms with Crippen LogP contribution in [0.15, 0.2) is 53.7 Å². The van der Waals surface area contributed by atoms with E-state index in [1.165, 1.54) is 0 Å². The summed E-state index contributed by atoms with van der Waals surface area (Å²) in [7, 11) is 4.67. The molecule has 6 nitrogen and oxygen atoms in total. The molecule has 0 aromatic heterocycles. The van der Waals surface area contributed by atoms with E-state index in [0.29, 0.717) is 35.7 Å². The van der Waals surface area contributed by atoms with Crippen molar-refractivity contribution in [3.05, 3.63) is 59.3 Å². The molecule has 1 aliphatic heterocycles. The van der Waals surface area contributed by atoms with Gasteiger partial charge in [0.2, 0.25) is 11.7 Å². The van der Waals surface area contributed by atoms with E-state index in [0.717, 1.165) is 16.9 Å². The molecule has 0 N–H and O–H groups in total. The summed E-state index contributed by atoms with van der Waals surface area (Å²) in [6, 6.07) is 13.2. The van der Waals surface area contributed by atoms with Crippen LogP contribution in [-0.2, 0) is 9.59 Å². The van der Waals surface area contributed by atoms with E-state index >= 15 is 0 Å². The number of hydrogen-bond donors (Lipinski definition) is 0. The van der Waals surface area contributed by atoms with Gasteiger partial charge in [-0.05, 0) is 30.0 Å². The molecule has 2 aliphatic rings. The lowest BCUT2D eigenvalue weighted by Crippen LogP contribution is -2.43. The van der Waals surface area contributed by atoms with E-state index in [1.807, 2.05) is 36.4 Å². The number of ketones is 1. The molecule has 0 unspecified atom stereocenters. The summed E-state index contributed by atoms with van der Waals surface area (Å²) < 4.78 is 16.7. The minimum atomic E-state index is -0.407. The van der Waals surface area contributed by atoms with Gasteiger partial charge < -0.3 is 14.2 Å². The van der Waals surface area contributed by atoms with Gasteiger partial charge in [-0.2, -0.15) is 0 Å². The zero-order chi connectivity index (χ0) is 23.0. The highest BCUT2D eigenvalue weighted by Crippen LogP contribution is 2.52. The number of carbonyl (C=O) groups is 2. The minimum Gasteiger partial charge on any atom is -0.493 e. The number of Topliss-reactive ketones (excluding diaryl/α,β-unsaturated/α-hetero) is 1. The summed E-state index contributed by atoms with van der Waals surface area (Å²) in [5.74, 6) is 1.11. The summed E-state index contributed by atoms with van der Waals surface area (Å²) in [5.41, 5.74) is 2.79. The van der Waals surface area contributed by atoms with Crippen molar-refractivity contribution in [3.63, 3.8) is 0 Å². The van der Waals surface area contributed by atoms with E-state index in [4.69, 9.17) is 14.2 Å². The molecule has 168 valence electrons. The third-order valence-corrected chi connectivity index (χ3v) is 6.27. The van der Waals surface area contributed by atoms with Gasteiger partial charge in [0.1, 0.15) is 0 Å². The zero-order valence-corrected chi connectivity index (χ0v) is 19.2. The molecule has 1 amide bonds. The quantitative estimate of drug-likeness (QED) is 0.670. The highest BCUT2D eigenvalue weighted by molar-refractivity contribution is 6.08. The van der Waals surface area contributed by atoms with Crippen LogP contribution in [0.5, 0.6) is 17.2 Å². The van der Waals surface area contributed by atoms with Gasteiger partial charge >= 0.3 is 0 Å². The van der Waals surface area contributed by atoms with Crippen LogP contribution in [0.4, 0.5) is 5.69 Å². The molecule has 0 spiro atoms. The number of rotatable bonds is 5. The van der Waals surface area contributed by atoms with Crippen LogP contribution in [0.3, 0.4) is 0 Å². The number of nitrogens with zero attached hydrogens (tertiary/aromatic N) is 1. The standard InChI is InChI=1S/C26H29NO5/c1-26(2)14-19-23(20(28)15-26)18(13-22(29)27(19)16-9-7-6-8-10-16)17-11-12-21(30-3)25(32-5)24(17)31-4/h6-12,18H,13-15H2,1-5H3/t18-/m0/s1. The fraction of sp³-hybridized carbons (Fsp3) is 0.385. The molecule has 6 heteroatoms. The first-order chi connectivity index (χ1) is 15.3. The molecule has 2 aromatic rings. The first-order valence-corrected chi connectivity index (χ1v) is 10.7. The van der Waals surface area contributed by atoms with E-state index in [1.54, 1.807) is 32.3 Å². The van der Waals surface area contributed by atoms with Crippen LogP contribution in [0, 0.1) is 5.41 Å². The molecule has 1 atom stereocenters. The number of anilines is 1. The molecule has 1 heterocycles. The number of allylic oxidation sites excluding steroid dienone is 2. The topological polar surface area (TPSA) is 65.1 Å². The largest absolute Gasteiger partial charge is 0.493 e. The Labute approximate surface area is 188 Å². The number of hydrogen-bond acceptors (Lipinski definition) is 5. The normalized spacial score (nSPS) is 20.2. The molecule has 1 aliphatic carbocycles. The van der Waals surface area contributed by atoms with Gasteiger partial charge in [0.25, 0.3) is 0 Å². The zero-order valence-electron chi connectivity index (χ0n) is 19.2. The summed E-state index contributed by atoms with van der Waals surface area (Å²) >= 11 is 0. The lowest BCUT2D eigenvalue weighted by atomic mass is 9.69. The van der Waals surface area contributed by atoms with Crippen LogP contribution < -0.4 is 19.1 Å². The van der Waals surface area contributed by atoms with Gasteiger partial charge in [0.15, 0.2) is 17.3 Å². The number of methoxy groups -OCH3 is 3. The van der Waals surface area contributed by atoms with Gasteiger partial charge in [0.05, 0.1) is 21.3 Å². The molecule has 32 heavy (non-hydrogen) atoms.